The SMILES string of the molecule is CN(c1cc(Cl)cc(Cl)c1)c1ncc(S(=O)(=O)N2CCC[C@H]2C(=O)O)n1C(C=O)Cc1ccc(C#N)cc1. The number of nitriles is 1. The molecule has 0 radical (unpaired) electrons. The molecule has 1 aliphatic heterocycles. The molecule has 0 saturated carbocycles. The first kappa shape index (κ1) is 27.6. The van der Waals surface area contributed by atoms with Crippen molar-refractivity contribution in [1.82, 2.24) is 13.9 Å². The number of hydrogen-bond acceptors (Lipinski definition) is 7. The van der Waals surface area contributed by atoms with Crippen molar-refractivity contribution in [2.45, 2.75) is 36.4 Å². The minimum absolute atomic E-state index is 0.0287. The van der Waals surface area contributed by atoms with E-state index in [1.807, 2.05) is 6.07 Å². The van der Waals surface area contributed by atoms with Gasteiger partial charge in [-0.3, -0.25) is 9.36 Å². The number of hydrogen-bond donors (Lipinski definition) is 1. The van der Waals surface area contributed by atoms with Gasteiger partial charge in [-0.25, -0.2) is 13.4 Å². The van der Waals surface area contributed by atoms with Gasteiger partial charge in [-0.2, -0.15) is 9.57 Å². The Labute approximate surface area is 229 Å². The van der Waals surface area contributed by atoms with E-state index < -0.39 is 28.1 Å². The molecule has 198 valence electrons. The highest BCUT2D eigenvalue weighted by Gasteiger charge is 2.42. The molecule has 0 spiro atoms. The number of benzene rings is 2. The number of carboxylic acids is 1. The Bertz CT molecular complexity index is 1500. The van der Waals surface area contributed by atoms with Crippen molar-refractivity contribution in [2.24, 2.45) is 0 Å². The van der Waals surface area contributed by atoms with Crippen LogP contribution in [-0.2, 0) is 26.0 Å². The van der Waals surface area contributed by atoms with Crippen LogP contribution < -0.4 is 4.90 Å². The highest BCUT2D eigenvalue weighted by atomic mass is 35.5. The van der Waals surface area contributed by atoms with Crippen molar-refractivity contribution in [3.05, 3.63) is 69.8 Å². The predicted octanol–water partition coefficient (Wildman–Crippen LogP) is 4.05. The average Bonchev–Trinajstić information content (AvgIpc) is 3.55. The van der Waals surface area contributed by atoms with Gasteiger partial charge in [-0.15, -0.1) is 0 Å². The van der Waals surface area contributed by atoms with Crippen LogP contribution in [0.3, 0.4) is 0 Å². The summed E-state index contributed by atoms with van der Waals surface area (Å²) in [6.45, 7) is 0.0287. The molecule has 0 aliphatic carbocycles. The molecule has 4 rings (SSSR count). The maximum absolute atomic E-state index is 13.8. The second-order valence-electron chi connectivity index (χ2n) is 8.78. The maximum atomic E-state index is 13.8. The maximum Gasteiger partial charge on any atom is 0.322 e. The molecule has 1 aliphatic rings. The lowest BCUT2D eigenvalue weighted by atomic mass is 10.1. The van der Waals surface area contributed by atoms with Crippen LogP contribution in [0.1, 0.15) is 30.0 Å². The largest absolute Gasteiger partial charge is 0.480 e. The lowest BCUT2D eigenvalue weighted by Gasteiger charge is -2.26. The van der Waals surface area contributed by atoms with E-state index in [9.17, 15) is 23.1 Å². The molecule has 38 heavy (non-hydrogen) atoms. The van der Waals surface area contributed by atoms with E-state index in [1.54, 1.807) is 54.4 Å². The highest BCUT2D eigenvalue weighted by molar-refractivity contribution is 7.89. The number of halogens is 2. The molecule has 2 atom stereocenters. The quantitative estimate of drug-likeness (QED) is 0.377. The molecular formula is C25H23Cl2N5O5S. The van der Waals surface area contributed by atoms with Crippen molar-refractivity contribution in [3.63, 3.8) is 0 Å². The number of rotatable bonds is 9. The second-order valence-corrected chi connectivity index (χ2v) is 11.5. The molecule has 1 aromatic heterocycles. The second kappa shape index (κ2) is 11.1. The number of imidazole rings is 1. The molecule has 10 nitrogen and oxygen atoms in total. The molecule has 0 amide bonds. The van der Waals surface area contributed by atoms with Crippen LogP contribution in [0.4, 0.5) is 11.6 Å². The Hall–Kier alpha value is -3.43. The summed E-state index contributed by atoms with van der Waals surface area (Å²) in [5, 5.41) is 19.1. The monoisotopic (exact) mass is 575 g/mol. The van der Waals surface area contributed by atoms with Gasteiger partial charge in [0.2, 0.25) is 5.95 Å². The molecule has 2 aromatic carbocycles. The first-order valence-corrected chi connectivity index (χ1v) is 13.7. The standard InChI is InChI=1S/C25H23Cl2N5O5S/c1-30(20-11-18(26)10-19(27)12-20)25-29-14-23(38(36,37)31-8-2-3-22(31)24(34)35)32(25)21(15-33)9-16-4-6-17(13-28)7-5-16/h4-7,10-12,14-15,21-22H,2-3,8-9H2,1H3,(H,34,35)/t21?,22-/m0/s1. The Kier molecular flexibility index (Phi) is 8.08. The summed E-state index contributed by atoms with van der Waals surface area (Å²) in [6.07, 6.45) is 2.40. The number of aromatic nitrogens is 2. The summed E-state index contributed by atoms with van der Waals surface area (Å²) < 4.78 is 29.8. The van der Waals surface area contributed by atoms with Gasteiger partial charge < -0.3 is 14.8 Å². The van der Waals surface area contributed by atoms with E-state index in [-0.39, 0.29) is 30.4 Å². The fourth-order valence-electron chi connectivity index (χ4n) is 4.49. The summed E-state index contributed by atoms with van der Waals surface area (Å²) >= 11 is 12.4. The molecule has 0 bridgehead atoms. The van der Waals surface area contributed by atoms with E-state index in [0.29, 0.717) is 39.6 Å². The van der Waals surface area contributed by atoms with Crippen molar-refractivity contribution in [2.75, 3.05) is 18.5 Å². The van der Waals surface area contributed by atoms with Gasteiger partial charge in [0.15, 0.2) is 5.03 Å². The van der Waals surface area contributed by atoms with Gasteiger partial charge in [0.1, 0.15) is 12.3 Å². The number of nitrogens with zero attached hydrogens (tertiary/aromatic N) is 5. The first-order chi connectivity index (χ1) is 18.1. The Morgan fingerprint density at radius 3 is 2.50 bits per heavy atom. The Morgan fingerprint density at radius 1 is 1.26 bits per heavy atom. The molecular weight excluding hydrogens is 553 g/mol. The molecule has 2 heterocycles. The van der Waals surface area contributed by atoms with Crippen molar-refractivity contribution >= 4 is 57.1 Å². The van der Waals surface area contributed by atoms with E-state index in [1.165, 1.54) is 4.57 Å². The van der Waals surface area contributed by atoms with Crippen molar-refractivity contribution < 1.29 is 23.1 Å². The third-order valence-electron chi connectivity index (χ3n) is 6.36. The number of sulfonamides is 1. The molecule has 1 unspecified atom stereocenters. The zero-order valence-corrected chi connectivity index (χ0v) is 22.5. The fraction of sp³-hybridized carbons (Fsp3) is 0.280. The summed E-state index contributed by atoms with van der Waals surface area (Å²) in [5.41, 5.74) is 1.61. The van der Waals surface area contributed by atoms with Gasteiger partial charge in [-0.1, -0.05) is 35.3 Å². The number of anilines is 2. The first-order valence-electron chi connectivity index (χ1n) is 11.5. The normalized spacial score (nSPS) is 16.6. The van der Waals surface area contributed by atoms with Crippen LogP contribution in [0.2, 0.25) is 10.0 Å². The van der Waals surface area contributed by atoms with E-state index in [4.69, 9.17) is 28.5 Å². The van der Waals surface area contributed by atoms with Crippen LogP contribution in [0.25, 0.3) is 0 Å². The molecule has 1 saturated heterocycles. The minimum atomic E-state index is -4.36. The molecule has 3 aromatic rings. The van der Waals surface area contributed by atoms with Crippen LogP contribution >= 0.6 is 23.2 Å². The average molecular weight is 576 g/mol. The third-order valence-corrected chi connectivity index (χ3v) is 8.68. The number of carboxylic acid groups (broad SMARTS) is 1. The summed E-state index contributed by atoms with van der Waals surface area (Å²) in [6, 6.07) is 11.1. The van der Waals surface area contributed by atoms with Crippen LogP contribution in [0.15, 0.2) is 53.7 Å². The lowest BCUT2D eigenvalue weighted by molar-refractivity contribution is -0.140. The molecule has 1 N–H and O–H groups in total. The Morgan fingerprint density at radius 2 is 1.92 bits per heavy atom. The van der Waals surface area contributed by atoms with Crippen molar-refractivity contribution in [3.8, 4) is 6.07 Å². The zero-order valence-electron chi connectivity index (χ0n) is 20.2. The summed E-state index contributed by atoms with van der Waals surface area (Å²) in [5.74, 6) is -1.13. The van der Waals surface area contributed by atoms with Crippen LogP contribution in [-0.4, -0.2) is 59.3 Å². The predicted molar refractivity (Wildman–Crippen MR) is 141 cm³/mol. The fourth-order valence-corrected chi connectivity index (χ4v) is 6.79. The molecule has 13 heteroatoms. The van der Waals surface area contributed by atoms with Crippen LogP contribution in [0.5, 0.6) is 0 Å². The van der Waals surface area contributed by atoms with E-state index in [2.05, 4.69) is 4.98 Å². The van der Waals surface area contributed by atoms with Gasteiger partial charge in [0, 0.05) is 35.7 Å². The van der Waals surface area contributed by atoms with E-state index in [0.717, 1.165) is 10.5 Å². The summed E-state index contributed by atoms with van der Waals surface area (Å²) in [7, 11) is -2.74. The third kappa shape index (κ3) is 5.39. The lowest BCUT2D eigenvalue weighted by Crippen LogP contribution is -2.41. The highest BCUT2D eigenvalue weighted by Crippen LogP contribution is 2.35. The van der Waals surface area contributed by atoms with Gasteiger partial charge >= 0.3 is 5.97 Å². The van der Waals surface area contributed by atoms with E-state index >= 15 is 0 Å². The zero-order chi connectivity index (χ0) is 27.6. The summed E-state index contributed by atoms with van der Waals surface area (Å²) in [4.78, 5) is 30.1. The Balaban J connectivity index is 1.86. The van der Waals surface area contributed by atoms with Crippen LogP contribution in [0, 0.1) is 11.3 Å². The number of aldehydes is 1. The molecule has 1 fully saturated rings. The van der Waals surface area contributed by atoms with Gasteiger partial charge in [-0.05, 0) is 48.7 Å². The minimum Gasteiger partial charge on any atom is -0.480 e. The topological polar surface area (TPSA) is 137 Å². The number of aliphatic carboxylic acids is 1. The smallest absolute Gasteiger partial charge is 0.322 e. The van der Waals surface area contributed by atoms with Gasteiger partial charge in [0.05, 0.1) is 23.9 Å². The van der Waals surface area contributed by atoms with Crippen molar-refractivity contribution in [1.29, 1.82) is 5.26 Å². The number of carbonyl (C=O) groups is 2. The number of carbonyl (C=O) groups excluding carboxylic acids is 1. The van der Waals surface area contributed by atoms with Gasteiger partial charge in [0.25, 0.3) is 10.0 Å².